The van der Waals surface area contributed by atoms with E-state index >= 15 is 0 Å². The molecular formula is C15H31NO. The highest BCUT2D eigenvalue weighted by molar-refractivity contribution is 4.81. The van der Waals surface area contributed by atoms with Crippen LogP contribution in [0.1, 0.15) is 53.9 Å². The minimum atomic E-state index is 0.265. The number of likely N-dealkylation sites (N-methyl/N-ethyl adjacent to an activating group) is 1. The number of hydrogen-bond acceptors (Lipinski definition) is 2. The minimum Gasteiger partial charge on any atom is -0.377 e. The molecule has 0 amide bonds. The second-order valence-corrected chi connectivity index (χ2v) is 7.08. The quantitative estimate of drug-likeness (QED) is 0.814. The summed E-state index contributed by atoms with van der Waals surface area (Å²) < 4.78 is 6.14. The topological polar surface area (TPSA) is 21.3 Å². The predicted octanol–water partition coefficient (Wildman–Crippen LogP) is 3.46. The van der Waals surface area contributed by atoms with Gasteiger partial charge in [-0.25, -0.2) is 0 Å². The highest BCUT2D eigenvalue weighted by atomic mass is 16.5. The van der Waals surface area contributed by atoms with Gasteiger partial charge in [0.2, 0.25) is 0 Å². The second-order valence-electron chi connectivity index (χ2n) is 7.08. The van der Waals surface area contributed by atoms with Gasteiger partial charge >= 0.3 is 0 Å². The first kappa shape index (κ1) is 15.0. The monoisotopic (exact) mass is 241 g/mol. The number of ether oxygens (including phenoxy) is 1. The van der Waals surface area contributed by atoms with Gasteiger partial charge in [0, 0.05) is 6.04 Å². The molecule has 1 aliphatic rings. The van der Waals surface area contributed by atoms with Gasteiger partial charge < -0.3 is 10.1 Å². The van der Waals surface area contributed by atoms with Crippen molar-refractivity contribution in [2.75, 3.05) is 13.7 Å². The van der Waals surface area contributed by atoms with E-state index in [-0.39, 0.29) is 5.41 Å². The average Bonchev–Trinajstić information content (AvgIpc) is 2.14. The molecule has 0 saturated heterocycles. The van der Waals surface area contributed by atoms with Crippen molar-refractivity contribution in [3.05, 3.63) is 0 Å². The van der Waals surface area contributed by atoms with E-state index in [0.717, 1.165) is 18.4 Å². The molecule has 1 N–H and O–H groups in total. The first-order valence-corrected chi connectivity index (χ1v) is 7.11. The third-order valence-corrected chi connectivity index (χ3v) is 4.03. The maximum Gasteiger partial charge on any atom is 0.0628 e. The Labute approximate surface area is 108 Å². The van der Waals surface area contributed by atoms with Crippen molar-refractivity contribution in [3.63, 3.8) is 0 Å². The van der Waals surface area contributed by atoms with E-state index in [9.17, 15) is 0 Å². The molecule has 0 aromatic heterocycles. The summed E-state index contributed by atoms with van der Waals surface area (Å²) in [5.74, 6) is 1.65. The molecule has 0 radical (unpaired) electrons. The summed E-state index contributed by atoms with van der Waals surface area (Å²) in [5.41, 5.74) is 0.265. The average molecular weight is 241 g/mol. The molecule has 3 unspecified atom stereocenters. The summed E-state index contributed by atoms with van der Waals surface area (Å²) in [7, 11) is 2.03. The Bertz CT molecular complexity index is 211. The van der Waals surface area contributed by atoms with E-state index in [2.05, 4.69) is 39.9 Å². The maximum atomic E-state index is 6.14. The third-order valence-electron chi connectivity index (χ3n) is 4.03. The molecule has 2 nitrogen and oxygen atoms in total. The van der Waals surface area contributed by atoms with Gasteiger partial charge in [0.1, 0.15) is 0 Å². The molecule has 0 aromatic rings. The molecule has 1 aliphatic carbocycles. The predicted molar refractivity (Wildman–Crippen MR) is 74.2 cm³/mol. The Morgan fingerprint density at radius 1 is 1.12 bits per heavy atom. The largest absolute Gasteiger partial charge is 0.377 e. The zero-order chi connectivity index (χ0) is 13.1. The first-order valence-electron chi connectivity index (χ1n) is 7.11. The Morgan fingerprint density at radius 3 is 2.06 bits per heavy atom. The number of hydrogen-bond donors (Lipinski definition) is 1. The summed E-state index contributed by atoms with van der Waals surface area (Å²) in [4.78, 5) is 0. The van der Waals surface area contributed by atoms with E-state index in [1.165, 1.54) is 19.3 Å². The Balaban J connectivity index is 2.39. The van der Waals surface area contributed by atoms with E-state index in [0.29, 0.717) is 12.1 Å². The van der Waals surface area contributed by atoms with Crippen LogP contribution in [0.4, 0.5) is 0 Å². The van der Waals surface area contributed by atoms with Crippen LogP contribution in [0.2, 0.25) is 0 Å². The molecule has 1 saturated carbocycles. The Kier molecular flexibility index (Phi) is 5.46. The third kappa shape index (κ3) is 4.97. The lowest BCUT2D eigenvalue weighted by molar-refractivity contribution is -0.0211. The summed E-state index contributed by atoms with van der Waals surface area (Å²) in [5, 5.41) is 3.38. The van der Waals surface area contributed by atoms with Crippen molar-refractivity contribution in [1.82, 2.24) is 5.32 Å². The van der Waals surface area contributed by atoms with Gasteiger partial charge in [-0.05, 0) is 43.6 Å². The second kappa shape index (κ2) is 6.19. The fourth-order valence-electron chi connectivity index (χ4n) is 3.01. The van der Waals surface area contributed by atoms with E-state index in [1.54, 1.807) is 0 Å². The maximum absolute atomic E-state index is 6.14. The van der Waals surface area contributed by atoms with E-state index in [4.69, 9.17) is 4.74 Å². The lowest BCUT2D eigenvalue weighted by Crippen LogP contribution is -2.43. The van der Waals surface area contributed by atoms with Crippen molar-refractivity contribution in [3.8, 4) is 0 Å². The van der Waals surface area contributed by atoms with Gasteiger partial charge in [0.25, 0.3) is 0 Å². The molecule has 1 fully saturated rings. The van der Waals surface area contributed by atoms with Crippen molar-refractivity contribution in [2.45, 2.75) is 66.0 Å². The summed E-state index contributed by atoms with van der Waals surface area (Å²) in [6.45, 7) is 12.3. The van der Waals surface area contributed by atoms with Gasteiger partial charge in [-0.1, -0.05) is 34.6 Å². The van der Waals surface area contributed by atoms with E-state index < -0.39 is 0 Å². The highest BCUT2D eigenvalue weighted by Gasteiger charge is 2.28. The molecule has 0 bridgehead atoms. The van der Waals surface area contributed by atoms with Gasteiger partial charge in [-0.15, -0.1) is 0 Å². The standard InChI is InChI=1S/C15H31NO/c1-11-7-12(2)9-13(8-11)17-10-14(16-6)15(3,4)5/h11-14,16H,7-10H2,1-6H3. The molecule has 1 rings (SSSR count). The van der Waals surface area contributed by atoms with Crippen LogP contribution in [-0.4, -0.2) is 25.8 Å². The molecule has 102 valence electrons. The summed E-state index contributed by atoms with van der Waals surface area (Å²) in [6, 6.07) is 0.440. The fraction of sp³-hybridized carbons (Fsp3) is 1.00. The van der Waals surface area contributed by atoms with Gasteiger partial charge in [0.15, 0.2) is 0 Å². The van der Waals surface area contributed by atoms with Gasteiger partial charge in [-0.3, -0.25) is 0 Å². The zero-order valence-corrected chi connectivity index (χ0v) is 12.5. The lowest BCUT2D eigenvalue weighted by atomic mass is 9.81. The van der Waals surface area contributed by atoms with Crippen LogP contribution in [0, 0.1) is 17.3 Å². The van der Waals surface area contributed by atoms with Gasteiger partial charge in [0.05, 0.1) is 12.7 Å². The summed E-state index contributed by atoms with van der Waals surface area (Å²) in [6.07, 6.45) is 4.33. The molecule has 0 aromatic carbocycles. The molecule has 0 aliphatic heterocycles. The lowest BCUT2D eigenvalue weighted by Gasteiger charge is -2.35. The number of nitrogens with one attached hydrogen (secondary N) is 1. The van der Waals surface area contributed by atoms with Gasteiger partial charge in [-0.2, -0.15) is 0 Å². The van der Waals surface area contributed by atoms with Crippen LogP contribution >= 0.6 is 0 Å². The molecule has 3 atom stereocenters. The Morgan fingerprint density at radius 2 is 1.65 bits per heavy atom. The van der Waals surface area contributed by atoms with Crippen LogP contribution < -0.4 is 5.32 Å². The van der Waals surface area contributed by atoms with E-state index in [1.807, 2.05) is 7.05 Å². The van der Waals surface area contributed by atoms with Crippen molar-refractivity contribution < 1.29 is 4.74 Å². The zero-order valence-electron chi connectivity index (χ0n) is 12.5. The molecular weight excluding hydrogens is 210 g/mol. The van der Waals surface area contributed by atoms with Crippen LogP contribution in [0.3, 0.4) is 0 Å². The smallest absolute Gasteiger partial charge is 0.0628 e. The van der Waals surface area contributed by atoms with Crippen LogP contribution in [0.15, 0.2) is 0 Å². The normalized spacial score (nSPS) is 32.5. The number of rotatable bonds is 4. The van der Waals surface area contributed by atoms with Crippen LogP contribution in [0.25, 0.3) is 0 Å². The van der Waals surface area contributed by atoms with Crippen LogP contribution in [-0.2, 0) is 4.74 Å². The highest BCUT2D eigenvalue weighted by Crippen LogP contribution is 2.31. The fourth-order valence-corrected chi connectivity index (χ4v) is 3.01. The molecule has 0 heterocycles. The van der Waals surface area contributed by atoms with Crippen molar-refractivity contribution in [1.29, 1.82) is 0 Å². The molecule has 17 heavy (non-hydrogen) atoms. The molecule has 2 heteroatoms. The molecule has 0 spiro atoms. The summed E-state index contributed by atoms with van der Waals surface area (Å²) >= 11 is 0. The van der Waals surface area contributed by atoms with Crippen molar-refractivity contribution in [2.24, 2.45) is 17.3 Å². The first-order chi connectivity index (χ1) is 7.82. The minimum absolute atomic E-state index is 0.265. The van der Waals surface area contributed by atoms with Crippen molar-refractivity contribution >= 4 is 0 Å². The SMILES string of the molecule is CNC(COC1CC(C)CC(C)C1)C(C)(C)C. The Hall–Kier alpha value is -0.0800. The van der Waals surface area contributed by atoms with Crippen LogP contribution in [0.5, 0.6) is 0 Å².